The molecule has 0 amide bonds. The number of carboxylic acid groups (broad SMARTS) is 1. The lowest BCUT2D eigenvalue weighted by molar-refractivity contribution is -0.137. The molecule has 0 radical (unpaired) electrons. The fourth-order valence-electron chi connectivity index (χ4n) is 1.88. The zero-order valence-electron chi connectivity index (χ0n) is 10.5. The molecule has 0 aliphatic rings. The Bertz CT molecular complexity index is 700. The standard InChI is InChI=1S/C13H12N2O3S2/c16-12(17)4-2-1-3-11-14-15-13(18-11)10-7-9-8(20-10)5-6-19-9/h5-7H,1-4H2,(H,16,17). The van der Waals surface area contributed by atoms with Gasteiger partial charge in [-0.2, -0.15) is 0 Å². The van der Waals surface area contributed by atoms with Crippen molar-refractivity contribution in [3.05, 3.63) is 23.4 Å². The quantitative estimate of drug-likeness (QED) is 0.701. The molecule has 3 rings (SSSR count). The highest BCUT2D eigenvalue weighted by Crippen LogP contribution is 2.35. The number of aliphatic carboxylic acids is 1. The van der Waals surface area contributed by atoms with Crippen molar-refractivity contribution in [2.24, 2.45) is 0 Å². The maximum Gasteiger partial charge on any atom is 0.303 e. The Kier molecular flexibility index (Phi) is 3.79. The summed E-state index contributed by atoms with van der Waals surface area (Å²) < 4.78 is 8.08. The minimum atomic E-state index is -0.769. The summed E-state index contributed by atoms with van der Waals surface area (Å²) in [5.41, 5.74) is 0. The molecule has 0 atom stereocenters. The van der Waals surface area contributed by atoms with Gasteiger partial charge in [-0.1, -0.05) is 0 Å². The predicted octanol–water partition coefficient (Wildman–Crippen LogP) is 3.81. The average molecular weight is 308 g/mol. The van der Waals surface area contributed by atoms with Crippen molar-refractivity contribution < 1.29 is 14.3 Å². The Balaban J connectivity index is 1.64. The summed E-state index contributed by atoms with van der Waals surface area (Å²) in [5.74, 6) is 0.351. The third-order valence-electron chi connectivity index (χ3n) is 2.85. The molecule has 0 aliphatic heterocycles. The van der Waals surface area contributed by atoms with Crippen LogP contribution in [0.1, 0.15) is 25.2 Å². The van der Waals surface area contributed by atoms with Crippen LogP contribution in [0.15, 0.2) is 21.9 Å². The molecular weight excluding hydrogens is 296 g/mol. The molecule has 0 aromatic carbocycles. The van der Waals surface area contributed by atoms with Crippen LogP contribution in [0.2, 0.25) is 0 Å². The predicted molar refractivity (Wildman–Crippen MR) is 78.2 cm³/mol. The summed E-state index contributed by atoms with van der Waals surface area (Å²) >= 11 is 3.33. The van der Waals surface area contributed by atoms with Gasteiger partial charge in [-0.15, -0.1) is 32.9 Å². The van der Waals surface area contributed by atoms with Crippen LogP contribution in [0.4, 0.5) is 0 Å². The second kappa shape index (κ2) is 5.72. The summed E-state index contributed by atoms with van der Waals surface area (Å²) in [6, 6.07) is 4.14. The highest BCUT2D eigenvalue weighted by Gasteiger charge is 2.12. The van der Waals surface area contributed by atoms with Gasteiger partial charge in [-0.05, 0) is 30.4 Å². The molecule has 0 saturated heterocycles. The molecule has 0 unspecified atom stereocenters. The highest BCUT2D eigenvalue weighted by atomic mass is 32.1. The Morgan fingerprint density at radius 1 is 1.30 bits per heavy atom. The van der Waals surface area contributed by atoms with E-state index in [-0.39, 0.29) is 6.42 Å². The van der Waals surface area contributed by atoms with Crippen LogP contribution in [0.5, 0.6) is 0 Å². The van der Waals surface area contributed by atoms with Gasteiger partial charge in [-0.25, -0.2) is 0 Å². The van der Waals surface area contributed by atoms with E-state index in [2.05, 4.69) is 27.7 Å². The number of carboxylic acids is 1. The zero-order valence-corrected chi connectivity index (χ0v) is 12.2. The Morgan fingerprint density at radius 2 is 2.20 bits per heavy atom. The number of thiophene rings is 2. The second-order valence-electron chi connectivity index (χ2n) is 4.36. The minimum Gasteiger partial charge on any atom is -0.481 e. The first-order chi connectivity index (χ1) is 9.72. The molecule has 0 spiro atoms. The second-order valence-corrected chi connectivity index (χ2v) is 6.39. The Labute approximate surface area is 122 Å². The Morgan fingerprint density at radius 3 is 3.00 bits per heavy atom. The number of hydrogen-bond donors (Lipinski definition) is 1. The summed E-state index contributed by atoms with van der Waals surface area (Å²) in [6.07, 6.45) is 2.18. The number of hydrogen-bond acceptors (Lipinski definition) is 6. The van der Waals surface area contributed by atoms with Gasteiger partial charge in [0.2, 0.25) is 5.89 Å². The van der Waals surface area contributed by atoms with Gasteiger partial charge in [0.1, 0.15) is 0 Å². The van der Waals surface area contributed by atoms with Gasteiger partial charge in [0.15, 0.2) is 0 Å². The van der Waals surface area contributed by atoms with E-state index in [0.29, 0.717) is 24.6 Å². The van der Waals surface area contributed by atoms with Crippen molar-refractivity contribution in [1.29, 1.82) is 0 Å². The first kappa shape index (κ1) is 13.3. The lowest BCUT2D eigenvalue weighted by Crippen LogP contribution is -1.95. The summed E-state index contributed by atoms with van der Waals surface area (Å²) in [7, 11) is 0. The molecule has 0 bridgehead atoms. The van der Waals surface area contributed by atoms with Crippen molar-refractivity contribution in [2.45, 2.75) is 25.7 Å². The molecule has 3 aromatic rings. The van der Waals surface area contributed by atoms with E-state index in [1.807, 2.05) is 0 Å². The van der Waals surface area contributed by atoms with Gasteiger partial charge >= 0.3 is 5.97 Å². The van der Waals surface area contributed by atoms with Gasteiger partial charge in [0.25, 0.3) is 5.89 Å². The van der Waals surface area contributed by atoms with Crippen molar-refractivity contribution in [1.82, 2.24) is 10.2 Å². The van der Waals surface area contributed by atoms with Gasteiger partial charge in [0.05, 0.1) is 4.88 Å². The summed E-state index contributed by atoms with van der Waals surface area (Å²) in [5, 5.41) is 18.7. The fourth-order valence-corrected chi connectivity index (χ4v) is 3.91. The van der Waals surface area contributed by atoms with E-state index in [0.717, 1.165) is 11.3 Å². The van der Waals surface area contributed by atoms with E-state index in [1.165, 1.54) is 9.40 Å². The zero-order chi connectivity index (χ0) is 13.9. The fraction of sp³-hybridized carbons (Fsp3) is 0.308. The summed E-state index contributed by atoms with van der Waals surface area (Å²) in [4.78, 5) is 11.4. The Hall–Kier alpha value is -1.73. The van der Waals surface area contributed by atoms with E-state index in [9.17, 15) is 4.79 Å². The van der Waals surface area contributed by atoms with E-state index < -0.39 is 5.97 Å². The smallest absolute Gasteiger partial charge is 0.303 e. The van der Waals surface area contributed by atoms with Crippen LogP contribution in [0.25, 0.3) is 20.2 Å². The number of unbranched alkanes of at least 4 members (excludes halogenated alkanes) is 1. The van der Waals surface area contributed by atoms with Crippen LogP contribution in [0.3, 0.4) is 0 Å². The molecule has 0 saturated carbocycles. The average Bonchev–Trinajstić information content (AvgIpc) is 3.08. The molecule has 104 valence electrons. The van der Waals surface area contributed by atoms with Gasteiger partial charge < -0.3 is 9.52 Å². The molecule has 5 nitrogen and oxygen atoms in total. The first-order valence-corrected chi connectivity index (χ1v) is 7.93. The minimum absolute atomic E-state index is 0.183. The van der Waals surface area contributed by atoms with Crippen molar-refractivity contribution in [2.75, 3.05) is 0 Å². The van der Waals surface area contributed by atoms with E-state index in [4.69, 9.17) is 9.52 Å². The number of rotatable bonds is 6. The molecule has 1 N–H and O–H groups in total. The van der Waals surface area contributed by atoms with Crippen LogP contribution in [0, 0.1) is 0 Å². The normalized spacial score (nSPS) is 11.2. The van der Waals surface area contributed by atoms with Crippen molar-refractivity contribution in [3.8, 4) is 10.8 Å². The SMILES string of the molecule is O=C(O)CCCCc1nnc(-c2cc3sccc3s2)o1. The van der Waals surface area contributed by atoms with Crippen LogP contribution in [-0.2, 0) is 11.2 Å². The number of carbonyl (C=O) groups is 1. The molecule has 0 aliphatic carbocycles. The molecule has 20 heavy (non-hydrogen) atoms. The van der Waals surface area contributed by atoms with Crippen molar-refractivity contribution in [3.63, 3.8) is 0 Å². The third-order valence-corrected chi connectivity index (χ3v) is 4.93. The topological polar surface area (TPSA) is 76.2 Å². The number of aryl methyl sites for hydroxylation is 1. The lowest BCUT2D eigenvalue weighted by Gasteiger charge is -1.93. The maximum atomic E-state index is 10.4. The third kappa shape index (κ3) is 2.88. The molecule has 0 fully saturated rings. The van der Waals surface area contributed by atoms with Crippen LogP contribution in [-0.4, -0.2) is 21.3 Å². The maximum absolute atomic E-state index is 10.4. The van der Waals surface area contributed by atoms with Crippen LogP contribution < -0.4 is 0 Å². The van der Waals surface area contributed by atoms with Gasteiger partial charge in [0, 0.05) is 22.2 Å². The molecule has 3 aromatic heterocycles. The van der Waals surface area contributed by atoms with Crippen molar-refractivity contribution >= 4 is 38.0 Å². The number of fused-ring (bicyclic) bond motifs is 1. The monoisotopic (exact) mass is 308 g/mol. The molecular formula is C13H12N2O3S2. The molecule has 3 heterocycles. The van der Waals surface area contributed by atoms with E-state index >= 15 is 0 Å². The largest absolute Gasteiger partial charge is 0.481 e. The summed E-state index contributed by atoms with van der Waals surface area (Å²) in [6.45, 7) is 0. The van der Waals surface area contributed by atoms with E-state index in [1.54, 1.807) is 22.7 Å². The number of nitrogens with zero attached hydrogens (tertiary/aromatic N) is 2. The highest BCUT2D eigenvalue weighted by molar-refractivity contribution is 7.28. The van der Waals surface area contributed by atoms with Gasteiger partial charge in [-0.3, -0.25) is 4.79 Å². The van der Waals surface area contributed by atoms with Crippen LogP contribution >= 0.6 is 22.7 Å². The lowest BCUT2D eigenvalue weighted by atomic mass is 10.2. The number of aromatic nitrogens is 2. The first-order valence-electron chi connectivity index (χ1n) is 6.24. The molecule has 7 heteroatoms.